The first-order valence-corrected chi connectivity index (χ1v) is 5.84. The fourth-order valence-electron chi connectivity index (χ4n) is 1.76. The van der Waals surface area contributed by atoms with Crippen LogP contribution in [-0.4, -0.2) is 31.1 Å². The van der Waals surface area contributed by atoms with Crippen molar-refractivity contribution in [1.29, 1.82) is 0 Å². The molecule has 1 heterocycles. The number of furan rings is 1. The molecule has 0 bridgehead atoms. The van der Waals surface area contributed by atoms with Crippen LogP contribution in [0.4, 0.5) is 0 Å². The van der Waals surface area contributed by atoms with E-state index in [0.29, 0.717) is 13.2 Å². The summed E-state index contributed by atoms with van der Waals surface area (Å²) in [6.07, 6.45) is 4.35. The quantitative estimate of drug-likeness (QED) is 0.710. The fourth-order valence-corrected chi connectivity index (χ4v) is 1.76. The molecule has 1 aliphatic carbocycles. The largest absolute Gasteiger partial charge is 0.468 e. The Morgan fingerprint density at radius 1 is 1.56 bits per heavy atom. The number of hydrogen-bond acceptors (Lipinski definition) is 4. The van der Waals surface area contributed by atoms with E-state index < -0.39 is 0 Å². The highest BCUT2D eigenvalue weighted by molar-refractivity contribution is 5.15. The van der Waals surface area contributed by atoms with Crippen molar-refractivity contribution in [2.24, 2.45) is 5.73 Å². The molecule has 1 fully saturated rings. The summed E-state index contributed by atoms with van der Waals surface area (Å²) in [6.45, 7) is 2.80. The van der Waals surface area contributed by atoms with Crippen LogP contribution in [-0.2, 0) is 17.9 Å². The zero-order valence-corrected chi connectivity index (χ0v) is 9.82. The van der Waals surface area contributed by atoms with Crippen molar-refractivity contribution in [2.75, 3.05) is 20.2 Å². The standard InChI is InChI=1S/C12H20N2O2/c1-14(11-2-3-11)5-7-15-9-10-4-6-16-12(10)8-13/h4,6,11H,2-3,5,7-9,13H2,1H3. The van der Waals surface area contributed by atoms with Crippen molar-refractivity contribution in [3.63, 3.8) is 0 Å². The third kappa shape index (κ3) is 3.07. The highest BCUT2D eigenvalue weighted by atomic mass is 16.5. The molecule has 0 aromatic carbocycles. The molecular formula is C12H20N2O2. The van der Waals surface area contributed by atoms with Gasteiger partial charge in [0.25, 0.3) is 0 Å². The maximum atomic E-state index is 5.61. The van der Waals surface area contributed by atoms with Gasteiger partial charge in [-0.3, -0.25) is 0 Å². The summed E-state index contributed by atoms with van der Waals surface area (Å²) in [5.41, 5.74) is 6.60. The topological polar surface area (TPSA) is 51.6 Å². The molecule has 4 nitrogen and oxygen atoms in total. The third-order valence-electron chi connectivity index (χ3n) is 3.04. The summed E-state index contributed by atoms with van der Waals surface area (Å²) in [7, 11) is 2.16. The molecule has 1 aromatic rings. The summed E-state index contributed by atoms with van der Waals surface area (Å²) >= 11 is 0. The first kappa shape index (κ1) is 11.6. The minimum absolute atomic E-state index is 0.438. The lowest BCUT2D eigenvalue weighted by atomic mass is 10.2. The van der Waals surface area contributed by atoms with E-state index in [1.807, 2.05) is 6.07 Å². The van der Waals surface area contributed by atoms with Crippen LogP contribution in [0.2, 0.25) is 0 Å². The molecule has 0 aliphatic heterocycles. The molecule has 0 atom stereocenters. The number of nitrogens with two attached hydrogens (primary N) is 1. The minimum Gasteiger partial charge on any atom is -0.468 e. The van der Waals surface area contributed by atoms with Gasteiger partial charge in [-0.25, -0.2) is 0 Å². The van der Waals surface area contributed by atoms with Crippen molar-refractivity contribution >= 4 is 0 Å². The van der Waals surface area contributed by atoms with E-state index in [1.54, 1.807) is 6.26 Å². The lowest BCUT2D eigenvalue weighted by Gasteiger charge is -2.15. The van der Waals surface area contributed by atoms with E-state index in [2.05, 4.69) is 11.9 Å². The Morgan fingerprint density at radius 2 is 2.38 bits per heavy atom. The second-order valence-electron chi connectivity index (χ2n) is 4.34. The van der Waals surface area contributed by atoms with E-state index in [9.17, 15) is 0 Å². The molecule has 16 heavy (non-hydrogen) atoms. The minimum atomic E-state index is 0.438. The number of likely N-dealkylation sites (N-methyl/N-ethyl adjacent to an activating group) is 1. The molecule has 0 amide bonds. The second-order valence-corrected chi connectivity index (χ2v) is 4.34. The zero-order valence-electron chi connectivity index (χ0n) is 9.82. The van der Waals surface area contributed by atoms with Crippen LogP contribution in [0.3, 0.4) is 0 Å². The molecule has 90 valence electrons. The van der Waals surface area contributed by atoms with E-state index in [1.165, 1.54) is 12.8 Å². The number of nitrogens with zero attached hydrogens (tertiary/aromatic N) is 1. The number of hydrogen-bond donors (Lipinski definition) is 1. The predicted octanol–water partition coefficient (Wildman–Crippen LogP) is 1.35. The molecule has 2 rings (SSSR count). The van der Waals surface area contributed by atoms with Gasteiger partial charge in [0.2, 0.25) is 0 Å². The molecule has 0 radical (unpaired) electrons. The Labute approximate surface area is 96.4 Å². The summed E-state index contributed by atoms with van der Waals surface area (Å²) in [4.78, 5) is 2.36. The first-order valence-electron chi connectivity index (χ1n) is 5.84. The van der Waals surface area contributed by atoms with Crippen LogP contribution in [0, 0.1) is 0 Å². The van der Waals surface area contributed by atoms with Crippen molar-refractivity contribution in [1.82, 2.24) is 4.90 Å². The molecule has 4 heteroatoms. The van der Waals surface area contributed by atoms with Crippen LogP contribution >= 0.6 is 0 Å². The predicted molar refractivity (Wildman–Crippen MR) is 61.9 cm³/mol. The van der Waals surface area contributed by atoms with Gasteiger partial charge in [0.05, 0.1) is 26.0 Å². The number of rotatable bonds is 7. The van der Waals surface area contributed by atoms with E-state index in [-0.39, 0.29) is 0 Å². The highest BCUT2D eigenvalue weighted by Gasteiger charge is 2.25. The SMILES string of the molecule is CN(CCOCc1ccoc1CN)C1CC1. The maximum Gasteiger partial charge on any atom is 0.122 e. The molecule has 0 saturated heterocycles. The maximum absolute atomic E-state index is 5.61. The Balaban J connectivity index is 1.63. The van der Waals surface area contributed by atoms with Gasteiger partial charge in [0, 0.05) is 18.2 Å². The van der Waals surface area contributed by atoms with Gasteiger partial charge in [0.15, 0.2) is 0 Å². The van der Waals surface area contributed by atoms with Gasteiger partial charge in [0.1, 0.15) is 5.76 Å². The second kappa shape index (κ2) is 5.48. The Hall–Kier alpha value is -0.840. The molecule has 1 aromatic heterocycles. The highest BCUT2D eigenvalue weighted by Crippen LogP contribution is 2.24. The lowest BCUT2D eigenvalue weighted by Crippen LogP contribution is -2.25. The van der Waals surface area contributed by atoms with Gasteiger partial charge < -0.3 is 19.8 Å². The van der Waals surface area contributed by atoms with Crippen molar-refractivity contribution in [2.45, 2.75) is 32.0 Å². The van der Waals surface area contributed by atoms with Gasteiger partial charge in [-0.2, -0.15) is 0 Å². The smallest absolute Gasteiger partial charge is 0.122 e. The monoisotopic (exact) mass is 224 g/mol. The molecule has 0 unspecified atom stereocenters. The van der Waals surface area contributed by atoms with Crippen molar-refractivity contribution in [3.05, 3.63) is 23.7 Å². The van der Waals surface area contributed by atoms with Gasteiger partial charge in [-0.1, -0.05) is 0 Å². The number of ether oxygens (including phenoxy) is 1. The summed E-state index contributed by atoms with van der Waals surface area (Å²) < 4.78 is 10.8. The van der Waals surface area contributed by atoms with Crippen LogP contribution in [0.5, 0.6) is 0 Å². The molecular weight excluding hydrogens is 204 g/mol. The molecule has 0 spiro atoms. The van der Waals surface area contributed by atoms with Gasteiger partial charge >= 0.3 is 0 Å². The zero-order chi connectivity index (χ0) is 11.4. The average molecular weight is 224 g/mol. The van der Waals surface area contributed by atoms with Crippen LogP contribution in [0.15, 0.2) is 16.7 Å². The normalized spacial score (nSPS) is 15.9. The Kier molecular flexibility index (Phi) is 3.98. The van der Waals surface area contributed by atoms with Crippen molar-refractivity contribution in [3.8, 4) is 0 Å². The third-order valence-corrected chi connectivity index (χ3v) is 3.04. The molecule has 1 saturated carbocycles. The first-order chi connectivity index (χ1) is 7.81. The Bertz CT molecular complexity index is 321. The van der Waals surface area contributed by atoms with Crippen LogP contribution in [0.1, 0.15) is 24.2 Å². The average Bonchev–Trinajstić information content (AvgIpc) is 3.04. The molecule has 1 aliphatic rings. The van der Waals surface area contributed by atoms with Gasteiger partial charge in [-0.05, 0) is 26.0 Å². The van der Waals surface area contributed by atoms with E-state index in [0.717, 1.165) is 30.5 Å². The summed E-state index contributed by atoms with van der Waals surface area (Å²) in [5.74, 6) is 0.829. The van der Waals surface area contributed by atoms with Crippen LogP contribution < -0.4 is 5.73 Å². The van der Waals surface area contributed by atoms with Crippen LogP contribution in [0.25, 0.3) is 0 Å². The summed E-state index contributed by atoms with van der Waals surface area (Å²) in [5, 5.41) is 0. The lowest BCUT2D eigenvalue weighted by molar-refractivity contribution is 0.0969. The van der Waals surface area contributed by atoms with Crippen molar-refractivity contribution < 1.29 is 9.15 Å². The van der Waals surface area contributed by atoms with Gasteiger partial charge in [-0.15, -0.1) is 0 Å². The van der Waals surface area contributed by atoms with E-state index in [4.69, 9.17) is 14.9 Å². The molecule has 2 N–H and O–H groups in total. The van der Waals surface area contributed by atoms with E-state index >= 15 is 0 Å². The fraction of sp³-hybridized carbons (Fsp3) is 0.667. The Morgan fingerprint density at radius 3 is 3.06 bits per heavy atom. The summed E-state index contributed by atoms with van der Waals surface area (Å²) in [6, 6.07) is 2.73.